The molecular formula is C17H19N5OS. The van der Waals surface area contributed by atoms with Gasteiger partial charge in [0.1, 0.15) is 12.4 Å². The molecule has 0 radical (unpaired) electrons. The number of hydrogen-bond acceptors (Lipinski definition) is 6. The van der Waals surface area contributed by atoms with E-state index in [-0.39, 0.29) is 0 Å². The molecule has 3 aromatic rings. The summed E-state index contributed by atoms with van der Waals surface area (Å²) < 4.78 is 7.91. The van der Waals surface area contributed by atoms with Gasteiger partial charge in [0.05, 0.1) is 0 Å². The topological polar surface area (TPSA) is 56.1 Å². The molecule has 7 heteroatoms. The van der Waals surface area contributed by atoms with E-state index in [1.165, 1.54) is 4.88 Å². The lowest BCUT2D eigenvalue weighted by Gasteiger charge is -2.18. The van der Waals surface area contributed by atoms with Gasteiger partial charge < -0.3 is 9.30 Å². The number of pyridine rings is 1. The minimum atomic E-state index is 0.398. The SMILES string of the molecule is c1ccc(OCc2nnc3n2CCN(Cc2cccs2)CC3)nc1. The summed E-state index contributed by atoms with van der Waals surface area (Å²) in [5.74, 6) is 2.53. The number of fused-ring (bicyclic) bond motifs is 1. The van der Waals surface area contributed by atoms with Crippen molar-refractivity contribution in [3.8, 4) is 5.88 Å². The first-order chi connectivity index (χ1) is 11.9. The second kappa shape index (κ2) is 7.11. The van der Waals surface area contributed by atoms with E-state index in [9.17, 15) is 0 Å². The van der Waals surface area contributed by atoms with Crippen LogP contribution in [-0.2, 0) is 26.1 Å². The zero-order valence-corrected chi connectivity index (χ0v) is 14.2. The van der Waals surface area contributed by atoms with Crippen LogP contribution >= 0.6 is 11.3 Å². The van der Waals surface area contributed by atoms with Crippen molar-refractivity contribution in [3.63, 3.8) is 0 Å². The maximum Gasteiger partial charge on any atom is 0.213 e. The zero-order chi connectivity index (χ0) is 16.2. The average Bonchev–Trinajstić information content (AvgIpc) is 3.21. The molecule has 124 valence electrons. The fraction of sp³-hybridized carbons (Fsp3) is 0.353. The lowest BCUT2D eigenvalue weighted by atomic mass is 10.3. The molecule has 4 heterocycles. The highest BCUT2D eigenvalue weighted by Gasteiger charge is 2.19. The van der Waals surface area contributed by atoms with Gasteiger partial charge in [0, 0.05) is 49.7 Å². The highest BCUT2D eigenvalue weighted by atomic mass is 32.1. The summed E-state index contributed by atoms with van der Waals surface area (Å²) in [5, 5.41) is 10.8. The van der Waals surface area contributed by atoms with Crippen LogP contribution in [0.5, 0.6) is 5.88 Å². The summed E-state index contributed by atoms with van der Waals surface area (Å²) in [6, 6.07) is 9.94. The number of thiophene rings is 1. The smallest absolute Gasteiger partial charge is 0.213 e. The number of hydrogen-bond donors (Lipinski definition) is 0. The molecule has 4 rings (SSSR count). The minimum absolute atomic E-state index is 0.398. The van der Waals surface area contributed by atoms with Crippen LogP contribution in [0.2, 0.25) is 0 Å². The van der Waals surface area contributed by atoms with E-state index in [4.69, 9.17) is 4.74 Å². The van der Waals surface area contributed by atoms with E-state index in [1.807, 2.05) is 29.5 Å². The van der Waals surface area contributed by atoms with Crippen molar-refractivity contribution in [2.24, 2.45) is 0 Å². The first kappa shape index (κ1) is 15.3. The largest absolute Gasteiger partial charge is 0.469 e. The van der Waals surface area contributed by atoms with Crippen molar-refractivity contribution >= 4 is 11.3 Å². The van der Waals surface area contributed by atoms with Crippen molar-refractivity contribution < 1.29 is 4.74 Å². The van der Waals surface area contributed by atoms with Crippen molar-refractivity contribution in [1.29, 1.82) is 0 Å². The fourth-order valence-corrected chi connectivity index (χ4v) is 3.63. The Morgan fingerprint density at radius 2 is 2.08 bits per heavy atom. The summed E-state index contributed by atoms with van der Waals surface area (Å²) in [5.41, 5.74) is 0. The number of ether oxygens (including phenoxy) is 1. The minimum Gasteiger partial charge on any atom is -0.469 e. The van der Waals surface area contributed by atoms with E-state index in [0.717, 1.165) is 44.2 Å². The third-order valence-electron chi connectivity index (χ3n) is 4.14. The van der Waals surface area contributed by atoms with Gasteiger partial charge in [0.15, 0.2) is 5.82 Å². The monoisotopic (exact) mass is 341 g/mol. The molecule has 1 aliphatic rings. The van der Waals surface area contributed by atoms with Crippen LogP contribution in [0, 0.1) is 0 Å². The molecule has 0 atom stereocenters. The molecule has 0 saturated carbocycles. The molecule has 6 nitrogen and oxygen atoms in total. The van der Waals surface area contributed by atoms with Crippen LogP contribution in [0.3, 0.4) is 0 Å². The van der Waals surface area contributed by atoms with Gasteiger partial charge in [0.25, 0.3) is 0 Å². The van der Waals surface area contributed by atoms with Crippen molar-refractivity contribution in [2.75, 3.05) is 13.1 Å². The Morgan fingerprint density at radius 3 is 2.92 bits per heavy atom. The van der Waals surface area contributed by atoms with Crippen LogP contribution in [0.1, 0.15) is 16.5 Å². The van der Waals surface area contributed by atoms with Gasteiger partial charge in [-0.1, -0.05) is 12.1 Å². The molecule has 0 fully saturated rings. The van der Waals surface area contributed by atoms with E-state index in [1.54, 1.807) is 6.20 Å². The highest BCUT2D eigenvalue weighted by Crippen LogP contribution is 2.16. The van der Waals surface area contributed by atoms with Crippen LogP contribution in [0.25, 0.3) is 0 Å². The summed E-state index contributed by atoms with van der Waals surface area (Å²) >= 11 is 1.81. The molecule has 0 aromatic carbocycles. The lowest BCUT2D eigenvalue weighted by Crippen LogP contribution is -2.26. The quantitative estimate of drug-likeness (QED) is 0.713. The third kappa shape index (κ3) is 3.47. The summed E-state index contributed by atoms with van der Waals surface area (Å²) in [6.07, 6.45) is 2.64. The van der Waals surface area contributed by atoms with Crippen LogP contribution in [-0.4, -0.2) is 37.7 Å². The Balaban J connectivity index is 1.40. The average molecular weight is 341 g/mol. The van der Waals surface area contributed by atoms with Crippen molar-refractivity contribution in [3.05, 3.63) is 58.4 Å². The van der Waals surface area contributed by atoms with Gasteiger partial charge in [0.2, 0.25) is 5.88 Å². The molecule has 0 amide bonds. The predicted molar refractivity (Wildman–Crippen MR) is 91.9 cm³/mol. The van der Waals surface area contributed by atoms with Crippen molar-refractivity contribution in [2.45, 2.75) is 26.1 Å². The van der Waals surface area contributed by atoms with Crippen LogP contribution in [0.4, 0.5) is 0 Å². The maximum atomic E-state index is 5.72. The van der Waals surface area contributed by atoms with Gasteiger partial charge in [-0.25, -0.2) is 4.98 Å². The van der Waals surface area contributed by atoms with E-state index in [0.29, 0.717) is 12.5 Å². The number of rotatable bonds is 5. The molecule has 0 N–H and O–H groups in total. The normalized spacial score (nSPS) is 15.0. The summed E-state index contributed by atoms with van der Waals surface area (Å²) in [4.78, 5) is 8.06. The fourth-order valence-electron chi connectivity index (χ4n) is 2.89. The molecule has 0 bridgehead atoms. The number of nitrogens with zero attached hydrogens (tertiary/aromatic N) is 5. The highest BCUT2D eigenvalue weighted by molar-refractivity contribution is 7.09. The van der Waals surface area contributed by atoms with Gasteiger partial charge in [-0.05, 0) is 17.5 Å². The molecule has 0 aliphatic carbocycles. The molecule has 0 unspecified atom stereocenters. The Kier molecular flexibility index (Phi) is 4.53. The molecule has 1 aliphatic heterocycles. The van der Waals surface area contributed by atoms with E-state index >= 15 is 0 Å². The standard InChI is InChI=1S/C17H19N5OS/c1-2-7-18-17(5-1)23-13-16-20-19-15-6-8-21(9-10-22(15)16)12-14-4-3-11-24-14/h1-5,7,11H,6,8-10,12-13H2. The summed E-state index contributed by atoms with van der Waals surface area (Å²) in [7, 11) is 0. The van der Waals surface area contributed by atoms with Gasteiger partial charge in [-0.15, -0.1) is 21.5 Å². The molecule has 0 saturated heterocycles. The first-order valence-corrected chi connectivity index (χ1v) is 8.96. The Morgan fingerprint density at radius 1 is 1.08 bits per heavy atom. The second-order valence-electron chi connectivity index (χ2n) is 5.75. The molecule has 24 heavy (non-hydrogen) atoms. The molecular weight excluding hydrogens is 322 g/mol. The Bertz CT molecular complexity index is 772. The number of aromatic nitrogens is 4. The van der Waals surface area contributed by atoms with Crippen LogP contribution < -0.4 is 4.74 Å². The van der Waals surface area contributed by atoms with Crippen molar-refractivity contribution in [1.82, 2.24) is 24.6 Å². The van der Waals surface area contributed by atoms with Gasteiger partial charge >= 0.3 is 0 Å². The first-order valence-electron chi connectivity index (χ1n) is 8.08. The van der Waals surface area contributed by atoms with E-state index < -0.39 is 0 Å². The zero-order valence-electron chi connectivity index (χ0n) is 13.3. The lowest BCUT2D eigenvalue weighted by molar-refractivity contribution is 0.260. The second-order valence-corrected chi connectivity index (χ2v) is 6.78. The Hall–Kier alpha value is -2.25. The molecule has 0 spiro atoms. The Labute approximate surface area is 144 Å². The van der Waals surface area contributed by atoms with Gasteiger partial charge in [-0.3, -0.25) is 4.90 Å². The third-order valence-corrected chi connectivity index (χ3v) is 5.00. The summed E-state index contributed by atoms with van der Waals surface area (Å²) in [6.45, 7) is 4.32. The molecule has 3 aromatic heterocycles. The van der Waals surface area contributed by atoms with Crippen LogP contribution in [0.15, 0.2) is 41.9 Å². The maximum absolute atomic E-state index is 5.72. The van der Waals surface area contributed by atoms with Gasteiger partial charge in [-0.2, -0.15) is 0 Å². The van der Waals surface area contributed by atoms with E-state index in [2.05, 4.69) is 42.2 Å². The predicted octanol–water partition coefficient (Wildman–Crippen LogP) is 2.37.